The second-order valence-corrected chi connectivity index (χ2v) is 4.47. The Balaban J connectivity index is 1.95. The van der Waals surface area contributed by atoms with E-state index in [-0.39, 0.29) is 0 Å². The second kappa shape index (κ2) is 4.77. The molecule has 2 atom stereocenters. The van der Waals surface area contributed by atoms with Crippen LogP contribution in [-0.4, -0.2) is 29.2 Å². The van der Waals surface area contributed by atoms with Gasteiger partial charge < -0.3 is 10.3 Å². The first-order valence-corrected chi connectivity index (χ1v) is 5.63. The highest BCUT2D eigenvalue weighted by atomic mass is 16.5. The lowest BCUT2D eigenvalue weighted by Crippen LogP contribution is -2.45. The van der Waals surface area contributed by atoms with E-state index in [2.05, 4.69) is 17.0 Å². The smallest absolute Gasteiger partial charge is 0.150 e. The zero-order chi connectivity index (χ0) is 10.7. The van der Waals surface area contributed by atoms with Crippen LogP contribution < -0.4 is 5.73 Å². The van der Waals surface area contributed by atoms with Gasteiger partial charge in [-0.25, -0.2) is 0 Å². The number of hydrogen-bond acceptors (Lipinski definition) is 4. The summed E-state index contributed by atoms with van der Waals surface area (Å²) in [5, 5.41) is 3.72. The minimum atomic E-state index is 0.499. The fourth-order valence-corrected chi connectivity index (χ4v) is 2.28. The van der Waals surface area contributed by atoms with Crippen molar-refractivity contribution in [2.75, 3.05) is 13.1 Å². The summed E-state index contributed by atoms with van der Waals surface area (Å²) in [5.74, 6) is 1.73. The summed E-state index contributed by atoms with van der Waals surface area (Å²) in [6.07, 6.45) is 4.15. The normalized spacial score (nSPS) is 28.1. The van der Waals surface area contributed by atoms with Gasteiger partial charge in [-0.05, 0) is 25.3 Å². The maximum absolute atomic E-state index is 5.80. The van der Waals surface area contributed by atoms with E-state index in [1.807, 2.05) is 6.07 Å². The predicted molar refractivity (Wildman–Crippen MR) is 58.2 cm³/mol. The summed E-state index contributed by atoms with van der Waals surface area (Å²) in [6, 6.07) is 2.42. The minimum absolute atomic E-state index is 0.499. The predicted octanol–water partition coefficient (Wildman–Crippen LogP) is 1.23. The Kier molecular flexibility index (Phi) is 3.38. The fourth-order valence-electron chi connectivity index (χ4n) is 2.28. The lowest BCUT2D eigenvalue weighted by atomic mass is 9.92. The monoisotopic (exact) mass is 209 g/mol. The SMILES string of the molecule is CC1CCN(Cc2ccno2)C(CN)C1. The molecule has 2 rings (SSSR count). The molecule has 84 valence electrons. The fraction of sp³-hybridized carbons (Fsp3) is 0.727. The quantitative estimate of drug-likeness (QED) is 0.813. The molecule has 0 spiro atoms. The van der Waals surface area contributed by atoms with E-state index < -0.39 is 0 Å². The molecule has 1 aromatic heterocycles. The van der Waals surface area contributed by atoms with Crippen LogP contribution >= 0.6 is 0 Å². The third-order valence-electron chi connectivity index (χ3n) is 3.22. The Hall–Kier alpha value is -0.870. The van der Waals surface area contributed by atoms with Gasteiger partial charge in [-0.15, -0.1) is 0 Å². The molecule has 15 heavy (non-hydrogen) atoms. The number of nitrogens with two attached hydrogens (primary N) is 1. The maximum atomic E-state index is 5.80. The molecule has 2 N–H and O–H groups in total. The zero-order valence-electron chi connectivity index (χ0n) is 9.22. The van der Waals surface area contributed by atoms with Gasteiger partial charge >= 0.3 is 0 Å². The van der Waals surface area contributed by atoms with Crippen molar-refractivity contribution in [3.05, 3.63) is 18.0 Å². The number of aromatic nitrogens is 1. The van der Waals surface area contributed by atoms with Crippen molar-refractivity contribution < 1.29 is 4.52 Å². The summed E-state index contributed by atoms with van der Waals surface area (Å²) in [6.45, 7) is 4.99. The molecular formula is C11H19N3O. The first kappa shape index (κ1) is 10.6. The Morgan fingerprint density at radius 2 is 2.53 bits per heavy atom. The van der Waals surface area contributed by atoms with Gasteiger partial charge in [0.2, 0.25) is 0 Å². The molecule has 1 fully saturated rings. The first-order chi connectivity index (χ1) is 7.29. The van der Waals surface area contributed by atoms with E-state index in [0.29, 0.717) is 6.04 Å². The van der Waals surface area contributed by atoms with Gasteiger partial charge in [0.1, 0.15) is 0 Å². The molecule has 1 aromatic rings. The van der Waals surface area contributed by atoms with Gasteiger partial charge in [-0.3, -0.25) is 4.90 Å². The van der Waals surface area contributed by atoms with E-state index in [0.717, 1.165) is 31.3 Å². The van der Waals surface area contributed by atoms with E-state index in [4.69, 9.17) is 10.3 Å². The Morgan fingerprint density at radius 1 is 1.67 bits per heavy atom. The molecule has 0 amide bonds. The van der Waals surface area contributed by atoms with Gasteiger partial charge in [-0.2, -0.15) is 0 Å². The van der Waals surface area contributed by atoms with Crippen molar-refractivity contribution in [3.63, 3.8) is 0 Å². The lowest BCUT2D eigenvalue weighted by molar-refractivity contribution is 0.104. The number of nitrogens with zero attached hydrogens (tertiary/aromatic N) is 2. The largest absolute Gasteiger partial charge is 0.360 e. The topological polar surface area (TPSA) is 55.3 Å². The average molecular weight is 209 g/mol. The van der Waals surface area contributed by atoms with Crippen molar-refractivity contribution >= 4 is 0 Å². The maximum Gasteiger partial charge on any atom is 0.150 e. The third-order valence-corrected chi connectivity index (χ3v) is 3.22. The molecule has 0 bridgehead atoms. The Morgan fingerprint density at radius 3 is 3.20 bits per heavy atom. The molecule has 2 heterocycles. The average Bonchev–Trinajstić information content (AvgIpc) is 2.73. The molecule has 1 saturated heterocycles. The molecule has 1 aliphatic heterocycles. The van der Waals surface area contributed by atoms with Crippen LogP contribution in [0.25, 0.3) is 0 Å². The van der Waals surface area contributed by atoms with E-state index in [9.17, 15) is 0 Å². The third kappa shape index (κ3) is 2.58. The number of likely N-dealkylation sites (tertiary alicyclic amines) is 1. The first-order valence-electron chi connectivity index (χ1n) is 5.63. The summed E-state index contributed by atoms with van der Waals surface area (Å²) in [7, 11) is 0. The minimum Gasteiger partial charge on any atom is -0.360 e. The molecule has 0 aromatic carbocycles. The summed E-state index contributed by atoms with van der Waals surface area (Å²) < 4.78 is 5.12. The van der Waals surface area contributed by atoms with E-state index in [1.54, 1.807) is 6.20 Å². The van der Waals surface area contributed by atoms with Crippen LogP contribution in [0, 0.1) is 5.92 Å². The molecule has 0 aliphatic carbocycles. The van der Waals surface area contributed by atoms with Crippen molar-refractivity contribution in [2.24, 2.45) is 11.7 Å². The van der Waals surface area contributed by atoms with Gasteiger partial charge in [-0.1, -0.05) is 12.1 Å². The lowest BCUT2D eigenvalue weighted by Gasteiger charge is -2.37. The van der Waals surface area contributed by atoms with Crippen LogP contribution in [0.4, 0.5) is 0 Å². The van der Waals surface area contributed by atoms with Crippen LogP contribution in [0.1, 0.15) is 25.5 Å². The van der Waals surface area contributed by atoms with E-state index >= 15 is 0 Å². The number of hydrogen-bond donors (Lipinski definition) is 1. The standard InChI is InChI=1S/C11H19N3O/c1-9-3-5-14(10(6-9)7-12)8-11-2-4-13-15-11/h2,4,9-10H,3,5-8,12H2,1H3. The molecule has 0 radical (unpaired) electrons. The van der Waals surface area contributed by atoms with Crippen molar-refractivity contribution in [2.45, 2.75) is 32.4 Å². The molecule has 0 saturated carbocycles. The molecule has 2 unspecified atom stereocenters. The van der Waals surface area contributed by atoms with Crippen molar-refractivity contribution in [3.8, 4) is 0 Å². The second-order valence-electron chi connectivity index (χ2n) is 4.47. The van der Waals surface area contributed by atoms with Gasteiger partial charge in [0.25, 0.3) is 0 Å². The highest BCUT2D eigenvalue weighted by Crippen LogP contribution is 2.23. The highest BCUT2D eigenvalue weighted by Gasteiger charge is 2.25. The summed E-state index contributed by atoms with van der Waals surface area (Å²) >= 11 is 0. The van der Waals surface area contributed by atoms with Crippen molar-refractivity contribution in [1.29, 1.82) is 0 Å². The summed E-state index contributed by atoms with van der Waals surface area (Å²) in [5.41, 5.74) is 5.80. The van der Waals surface area contributed by atoms with Crippen LogP contribution in [-0.2, 0) is 6.54 Å². The molecule has 1 aliphatic rings. The Bertz CT molecular complexity index is 286. The van der Waals surface area contributed by atoms with Crippen LogP contribution in [0.15, 0.2) is 16.8 Å². The Labute approximate surface area is 90.4 Å². The van der Waals surface area contributed by atoms with E-state index in [1.165, 1.54) is 12.8 Å². The zero-order valence-corrected chi connectivity index (χ0v) is 9.22. The highest BCUT2D eigenvalue weighted by molar-refractivity contribution is 4.94. The van der Waals surface area contributed by atoms with Gasteiger partial charge in [0.05, 0.1) is 12.7 Å². The van der Waals surface area contributed by atoms with Crippen LogP contribution in [0.3, 0.4) is 0 Å². The van der Waals surface area contributed by atoms with Crippen LogP contribution in [0.2, 0.25) is 0 Å². The van der Waals surface area contributed by atoms with Crippen LogP contribution in [0.5, 0.6) is 0 Å². The van der Waals surface area contributed by atoms with Gasteiger partial charge in [0.15, 0.2) is 5.76 Å². The number of rotatable bonds is 3. The molecular weight excluding hydrogens is 190 g/mol. The van der Waals surface area contributed by atoms with Gasteiger partial charge in [0, 0.05) is 18.7 Å². The number of piperidine rings is 1. The van der Waals surface area contributed by atoms with Crippen molar-refractivity contribution in [1.82, 2.24) is 10.1 Å². The molecule has 4 nitrogen and oxygen atoms in total. The molecule has 4 heteroatoms. The summed E-state index contributed by atoms with van der Waals surface area (Å²) in [4.78, 5) is 2.40.